The van der Waals surface area contributed by atoms with Gasteiger partial charge < -0.3 is 9.64 Å². The van der Waals surface area contributed by atoms with Crippen LogP contribution < -0.4 is 9.64 Å². The van der Waals surface area contributed by atoms with Gasteiger partial charge in [0.2, 0.25) is 0 Å². The van der Waals surface area contributed by atoms with Crippen LogP contribution in [0.15, 0.2) is 72.8 Å². The maximum Gasteiger partial charge on any atom is 0.132 e. The lowest BCUT2D eigenvalue weighted by Crippen LogP contribution is -2.40. The van der Waals surface area contributed by atoms with E-state index in [-0.39, 0.29) is 11.6 Å². The van der Waals surface area contributed by atoms with Gasteiger partial charge in [0.25, 0.3) is 0 Å². The number of nitrogens with zero attached hydrogens (tertiary/aromatic N) is 1. The molecule has 33 heavy (non-hydrogen) atoms. The Labute approximate surface area is 196 Å². The molecule has 4 rings (SSSR count). The summed E-state index contributed by atoms with van der Waals surface area (Å²) in [6.45, 7) is 4.13. The van der Waals surface area contributed by atoms with Crippen molar-refractivity contribution >= 4 is 5.69 Å². The van der Waals surface area contributed by atoms with Gasteiger partial charge in [0, 0.05) is 37.0 Å². The molecule has 1 aliphatic heterocycles. The average Bonchev–Trinajstić information content (AvgIpc) is 2.82. The van der Waals surface area contributed by atoms with Crippen LogP contribution in [0.25, 0.3) is 0 Å². The Hall–Kier alpha value is -2.88. The number of rotatable bonds is 9. The minimum absolute atomic E-state index is 0.341. The summed E-state index contributed by atoms with van der Waals surface area (Å²) in [6, 6.07) is 21.4. The van der Waals surface area contributed by atoms with Crippen LogP contribution in [0.5, 0.6) is 11.5 Å². The molecule has 0 spiro atoms. The van der Waals surface area contributed by atoms with Gasteiger partial charge in [-0.15, -0.1) is 0 Å². The van der Waals surface area contributed by atoms with Gasteiger partial charge in [0.1, 0.15) is 23.1 Å². The smallest absolute Gasteiger partial charge is 0.132 e. The van der Waals surface area contributed by atoms with Crippen molar-refractivity contribution in [1.82, 2.24) is 0 Å². The van der Waals surface area contributed by atoms with E-state index in [1.807, 2.05) is 6.07 Å². The van der Waals surface area contributed by atoms with Gasteiger partial charge in [0.05, 0.1) is 0 Å². The molecule has 0 atom stereocenters. The number of ether oxygens (including phenoxy) is 1. The lowest BCUT2D eigenvalue weighted by atomic mass is 9.72. The predicted molar refractivity (Wildman–Crippen MR) is 131 cm³/mol. The van der Waals surface area contributed by atoms with Crippen molar-refractivity contribution < 1.29 is 13.5 Å². The van der Waals surface area contributed by atoms with Crippen molar-refractivity contribution in [2.24, 2.45) is 5.41 Å². The summed E-state index contributed by atoms with van der Waals surface area (Å²) in [5.74, 6) is 0.0431. The summed E-state index contributed by atoms with van der Waals surface area (Å²) in [5.41, 5.74) is 2.62. The van der Waals surface area contributed by atoms with E-state index in [1.165, 1.54) is 49.4 Å². The number of hydrogen-bond donors (Lipinski definition) is 0. The van der Waals surface area contributed by atoms with Crippen molar-refractivity contribution in [2.75, 3.05) is 18.0 Å². The molecule has 0 radical (unpaired) electrons. The average molecular weight is 450 g/mol. The van der Waals surface area contributed by atoms with Crippen LogP contribution in [0, 0.1) is 17.0 Å². The van der Waals surface area contributed by atoms with E-state index >= 15 is 0 Å². The Morgan fingerprint density at radius 3 is 2.30 bits per heavy atom. The molecule has 0 bridgehead atoms. The summed E-state index contributed by atoms with van der Waals surface area (Å²) in [6.07, 6.45) is 8.28. The normalized spacial score (nSPS) is 15.4. The van der Waals surface area contributed by atoms with Gasteiger partial charge in [-0.05, 0) is 61.3 Å². The van der Waals surface area contributed by atoms with Gasteiger partial charge in [-0.25, -0.2) is 8.78 Å². The zero-order chi connectivity index (χ0) is 23.1. The topological polar surface area (TPSA) is 12.5 Å². The third-order valence-electron chi connectivity index (χ3n) is 7.09. The van der Waals surface area contributed by atoms with E-state index in [1.54, 1.807) is 18.2 Å². The first-order valence-corrected chi connectivity index (χ1v) is 12.1. The minimum atomic E-state index is -0.375. The fourth-order valence-corrected chi connectivity index (χ4v) is 4.95. The monoisotopic (exact) mass is 449 g/mol. The van der Waals surface area contributed by atoms with E-state index in [0.29, 0.717) is 16.9 Å². The first-order chi connectivity index (χ1) is 16.0. The highest BCUT2D eigenvalue weighted by Crippen LogP contribution is 2.41. The van der Waals surface area contributed by atoms with E-state index in [2.05, 4.69) is 42.2 Å². The second-order valence-corrected chi connectivity index (χ2v) is 9.24. The van der Waals surface area contributed by atoms with Crippen molar-refractivity contribution in [1.29, 1.82) is 0 Å². The highest BCUT2D eigenvalue weighted by molar-refractivity contribution is 5.52. The Bertz CT molecular complexity index is 1030. The van der Waals surface area contributed by atoms with Gasteiger partial charge in [0.15, 0.2) is 0 Å². The summed E-state index contributed by atoms with van der Waals surface area (Å²) in [4.78, 5) is 2.25. The molecule has 1 fully saturated rings. The molecule has 0 aliphatic carbocycles. The first-order valence-electron chi connectivity index (χ1n) is 12.1. The van der Waals surface area contributed by atoms with Crippen LogP contribution in [-0.4, -0.2) is 13.1 Å². The number of unbranched alkanes of at least 4 members (excludes halogenated alkanes) is 1. The molecular formula is C29H33F2NO. The van der Waals surface area contributed by atoms with Crippen molar-refractivity contribution in [3.8, 4) is 11.5 Å². The molecule has 0 aromatic heterocycles. The molecule has 4 heteroatoms. The van der Waals surface area contributed by atoms with Crippen LogP contribution >= 0.6 is 0 Å². The standard InChI is InChI=1S/C29H33F2NO/c1-2-29(14-7-6-11-23-9-4-3-5-10-23)15-17-32(18-16-29)26-19-25(31)21-28(22-26)33-27-13-8-12-24(30)20-27/h3-5,8-10,12-13,19-22H,2,6-7,11,14-18H2,1H3. The van der Waals surface area contributed by atoms with Crippen molar-refractivity contribution in [2.45, 2.75) is 51.9 Å². The maximum atomic E-state index is 14.3. The number of halogens is 2. The van der Waals surface area contributed by atoms with E-state index < -0.39 is 0 Å². The molecule has 1 saturated heterocycles. The minimum Gasteiger partial charge on any atom is -0.457 e. The quantitative estimate of drug-likeness (QED) is 0.306. The van der Waals surface area contributed by atoms with Gasteiger partial charge >= 0.3 is 0 Å². The number of hydrogen-bond acceptors (Lipinski definition) is 2. The molecule has 174 valence electrons. The molecule has 0 saturated carbocycles. The maximum absolute atomic E-state index is 14.3. The van der Waals surface area contributed by atoms with Crippen LogP contribution in [0.4, 0.5) is 14.5 Å². The SMILES string of the molecule is CCC1(CCCCc2ccccc2)CCN(c2cc(F)cc(Oc3cccc(F)c3)c2)CC1. The third-order valence-corrected chi connectivity index (χ3v) is 7.09. The fraction of sp³-hybridized carbons (Fsp3) is 0.379. The van der Waals surface area contributed by atoms with Gasteiger partial charge in [-0.1, -0.05) is 56.2 Å². The van der Waals surface area contributed by atoms with E-state index in [9.17, 15) is 8.78 Å². The van der Waals surface area contributed by atoms with Crippen LogP contribution in [0.3, 0.4) is 0 Å². The molecule has 0 unspecified atom stereocenters. The van der Waals surface area contributed by atoms with E-state index in [0.717, 1.165) is 38.0 Å². The van der Waals surface area contributed by atoms with Gasteiger partial charge in [-0.2, -0.15) is 0 Å². The molecule has 0 N–H and O–H groups in total. The first kappa shape index (κ1) is 23.3. The lowest BCUT2D eigenvalue weighted by molar-refractivity contribution is 0.184. The Kier molecular flexibility index (Phi) is 7.64. The number of benzene rings is 3. The number of anilines is 1. The third kappa shape index (κ3) is 6.34. The number of piperidine rings is 1. The zero-order valence-electron chi connectivity index (χ0n) is 19.4. The number of aryl methyl sites for hydroxylation is 1. The fourth-order valence-electron chi connectivity index (χ4n) is 4.95. The molecule has 1 aliphatic rings. The second-order valence-electron chi connectivity index (χ2n) is 9.24. The van der Waals surface area contributed by atoms with E-state index in [4.69, 9.17) is 4.74 Å². The Morgan fingerprint density at radius 2 is 1.58 bits per heavy atom. The molecule has 0 amide bonds. The van der Waals surface area contributed by atoms with Gasteiger partial charge in [-0.3, -0.25) is 0 Å². The van der Waals surface area contributed by atoms with Crippen LogP contribution in [-0.2, 0) is 6.42 Å². The van der Waals surface area contributed by atoms with Crippen molar-refractivity contribution in [3.05, 3.63) is 90.0 Å². The molecular weight excluding hydrogens is 416 g/mol. The molecule has 3 aromatic rings. The zero-order valence-corrected chi connectivity index (χ0v) is 19.4. The summed E-state index contributed by atoms with van der Waals surface area (Å²) >= 11 is 0. The lowest BCUT2D eigenvalue weighted by Gasteiger charge is -2.42. The summed E-state index contributed by atoms with van der Waals surface area (Å²) in [5, 5.41) is 0. The summed E-state index contributed by atoms with van der Waals surface area (Å²) in [7, 11) is 0. The predicted octanol–water partition coefficient (Wildman–Crippen LogP) is 8.17. The summed E-state index contributed by atoms with van der Waals surface area (Å²) < 4.78 is 33.5. The Morgan fingerprint density at radius 1 is 0.818 bits per heavy atom. The van der Waals surface area contributed by atoms with Crippen LogP contribution in [0.2, 0.25) is 0 Å². The highest BCUT2D eigenvalue weighted by Gasteiger charge is 2.32. The Balaban J connectivity index is 1.33. The second kappa shape index (κ2) is 10.8. The van der Waals surface area contributed by atoms with Crippen LogP contribution in [0.1, 0.15) is 51.0 Å². The molecule has 3 aromatic carbocycles. The molecule has 2 nitrogen and oxygen atoms in total. The molecule has 1 heterocycles. The van der Waals surface area contributed by atoms with Crippen molar-refractivity contribution in [3.63, 3.8) is 0 Å². The highest BCUT2D eigenvalue weighted by atomic mass is 19.1. The largest absolute Gasteiger partial charge is 0.457 e.